The molecule has 124 valence electrons. The summed E-state index contributed by atoms with van der Waals surface area (Å²) in [7, 11) is 0. The van der Waals surface area contributed by atoms with Gasteiger partial charge in [-0.15, -0.1) is 0 Å². The monoisotopic (exact) mass is 300 g/mol. The zero-order chi connectivity index (χ0) is 16.1. The van der Waals surface area contributed by atoms with E-state index in [9.17, 15) is 14.7 Å². The Hall–Kier alpha value is -1.10. The van der Waals surface area contributed by atoms with Crippen molar-refractivity contribution in [3.05, 3.63) is 0 Å². The molecule has 0 fully saturated rings. The molecule has 0 saturated carbocycles. The lowest BCUT2D eigenvalue weighted by atomic mass is 10.0. The summed E-state index contributed by atoms with van der Waals surface area (Å²) in [5, 5.41) is 10.4. The lowest BCUT2D eigenvalue weighted by Crippen LogP contribution is -2.40. The maximum atomic E-state index is 11.7. The van der Waals surface area contributed by atoms with Crippen LogP contribution in [0, 0.1) is 0 Å². The lowest BCUT2D eigenvalue weighted by Gasteiger charge is -2.20. The summed E-state index contributed by atoms with van der Waals surface area (Å²) in [5.41, 5.74) is 5.48. The molecule has 0 spiro atoms. The van der Waals surface area contributed by atoms with Gasteiger partial charge in [0, 0.05) is 12.4 Å². The van der Waals surface area contributed by atoms with E-state index in [-0.39, 0.29) is 6.10 Å². The largest absolute Gasteiger partial charge is 0.550 e. The topological polar surface area (TPSA) is 92.5 Å². The molecule has 1 unspecified atom stereocenters. The number of carboxylic acids is 1. The summed E-state index contributed by atoms with van der Waals surface area (Å²) >= 11 is 0. The molecule has 0 aliphatic carbocycles. The van der Waals surface area contributed by atoms with E-state index >= 15 is 0 Å². The minimum atomic E-state index is -1.33. The van der Waals surface area contributed by atoms with Crippen LogP contribution in [0.3, 0.4) is 0 Å². The molecule has 0 amide bonds. The van der Waals surface area contributed by atoms with Crippen molar-refractivity contribution in [1.29, 1.82) is 0 Å². The summed E-state index contributed by atoms with van der Waals surface area (Å²) in [6.07, 6.45) is 9.02. The number of rotatable bonds is 13. The summed E-state index contributed by atoms with van der Waals surface area (Å²) < 4.78 is 5.33. The van der Waals surface area contributed by atoms with Gasteiger partial charge in [0.05, 0.1) is 0 Å². The summed E-state index contributed by atoms with van der Waals surface area (Å²) in [4.78, 5) is 22.1. The van der Waals surface area contributed by atoms with Gasteiger partial charge >= 0.3 is 5.97 Å². The molecule has 0 aliphatic rings. The van der Waals surface area contributed by atoms with Gasteiger partial charge in [0.2, 0.25) is 0 Å². The Morgan fingerprint density at radius 1 is 1.00 bits per heavy atom. The van der Waals surface area contributed by atoms with Crippen LogP contribution >= 0.6 is 0 Å². The highest BCUT2D eigenvalue weighted by atomic mass is 16.5. The predicted molar refractivity (Wildman–Crippen MR) is 80.4 cm³/mol. The fourth-order valence-electron chi connectivity index (χ4n) is 2.25. The van der Waals surface area contributed by atoms with E-state index in [4.69, 9.17) is 10.5 Å². The number of carboxylic acid groups (broad SMARTS) is 1. The highest BCUT2D eigenvalue weighted by Gasteiger charge is 2.19. The average molecular weight is 300 g/mol. The molecule has 2 atom stereocenters. The van der Waals surface area contributed by atoms with Gasteiger partial charge in [-0.25, -0.2) is 0 Å². The van der Waals surface area contributed by atoms with Gasteiger partial charge in [0.25, 0.3) is 0 Å². The fraction of sp³-hybridized carbons (Fsp3) is 0.875. The Morgan fingerprint density at radius 3 is 2.19 bits per heavy atom. The summed E-state index contributed by atoms with van der Waals surface area (Å²) in [5.74, 6) is -1.97. The molecule has 0 bridgehead atoms. The molecule has 2 N–H and O–H groups in total. The molecular formula is C16H30NO4-. The fourth-order valence-corrected chi connectivity index (χ4v) is 2.25. The van der Waals surface area contributed by atoms with Crippen molar-refractivity contribution in [3.8, 4) is 0 Å². The molecule has 0 aromatic rings. The third-order valence-electron chi connectivity index (χ3n) is 3.46. The van der Waals surface area contributed by atoms with Crippen LogP contribution in [-0.4, -0.2) is 24.1 Å². The minimum absolute atomic E-state index is 0.151. The third kappa shape index (κ3) is 11.3. The Morgan fingerprint density at radius 2 is 1.62 bits per heavy atom. The zero-order valence-corrected chi connectivity index (χ0v) is 13.4. The molecule has 21 heavy (non-hydrogen) atoms. The summed E-state index contributed by atoms with van der Waals surface area (Å²) in [6.45, 7) is 4.22. The maximum Gasteiger partial charge on any atom is 0.323 e. The summed E-state index contributed by atoms with van der Waals surface area (Å²) in [6, 6.07) is -1.13. The van der Waals surface area contributed by atoms with Gasteiger partial charge < -0.3 is 20.4 Å². The highest BCUT2D eigenvalue weighted by Crippen LogP contribution is 2.14. The van der Waals surface area contributed by atoms with E-state index in [0.717, 1.165) is 32.1 Å². The molecular weight excluding hydrogens is 270 g/mol. The van der Waals surface area contributed by atoms with Crippen molar-refractivity contribution < 1.29 is 19.4 Å². The molecule has 0 aromatic heterocycles. The first-order valence-corrected chi connectivity index (χ1v) is 8.17. The average Bonchev–Trinajstić information content (AvgIpc) is 2.41. The SMILES string of the molecule is CCCCCCCCC(CCC)OC(=O)[C@@H](N)CC(=O)[O-]. The molecule has 5 nitrogen and oxygen atoms in total. The van der Waals surface area contributed by atoms with E-state index in [1.807, 2.05) is 6.92 Å². The van der Waals surface area contributed by atoms with Crippen molar-refractivity contribution in [3.63, 3.8) is 0 Å². The number of esters is 1. The van der Waals surface area contributed by atoms with Crippen LogP contribution in [-0.2, 0) is 14.3 Å². The smallest absolute Gasteiger partial charge is 0.323 e. The standard InChI is InChI=1S/C16H31NO4/c1-3-5-6-7-8-9-11-13(10-4-2)21-16(20)14(17)12-15(18)19/h13-14H,3-12,17H2,1-2H3,(H,18,19)/p-1/t13?,14-/m0/s1. The van der Waals surface area contributed by atoms with E-state index < -0.39 is 24.4 Å². The van der Waals surface area contributed by atoms with Gasteiger partial charge in [0.1, 0.15) is 12.1 Å². The van der Waals surface area contributed by atoms with Gasteiger partial charge in [0.15, 0.2) is 0 Å². The lowest BCUT2D eigenvalue weighted by molar-refractivity contribution is -0.306. The van der Waals surface area contributed by atoms with Crippen LogP contribution in [0.25, 0.3) is 0 Å². The number of nitrogens with two attached hydrogens (primary N) is 1. The van der Waals surface area contributed by atoms with E-state index in [1.165, 1.54) is 25.7 Å². The first kappa shape index (κ1) is 19.9. The van der Waals surface area contributed by atoms with Gasteiger partial charge in [-0.3, -0.25) is 4.79 Å². The van der Waals surface area contributed by atoms with Crippen molar-refractivity contribution in [1.82, 2.24) is 0 Å². The van der Waals surface area contributed by atoms with Gasteiger partial charge in [-0.2, -0.15) is 0 Å². The maximum absolute atomic E-state index is 11.7. The van der Waals surface area contributed by atoms with Crippen molar-refractivity contribution in [2.24, 2.45) is 5.73 Å². The van der Waals surface area contributed by atoms with Crippen LogP contribution in [0.5, 0.6) is 0 Å². The normalized spacial score (nSPS) is 13.7. The number of ether oxygens (including phenoxy) is 1. The second kappa shape index (κ2) is 12.6. The van der Waals surface area contributed by atoms with E-state index in [2.05, 4.69) is 6.92 Å². The Bertz CT molecular complexity index is 294. The number of carbonyl (C=O) groups excluding carboxylic acids is 2. The molecule has 0 saturated heterocycles. The van der Waals surface area contributed by atoms with E-state index in [0.29, 0.717) is 0 Å². The van der Waals surface area contributed by atoms with Crippen LogP contribution in [0.4, 0.5) is 0 Å². The third-order valence-corrected chi connectivity index (χ3v) is 3.46. The first-order valence-electron chi connectivity index (χ1n) is 8.17. The quantitative estimate of drug-likeness (QED) is 0.414. The highest BCUT2D eigenvalue weighted by molar-refractivity contribution is 5.81. The van der Waals surface area contributed by atoms with Crippen LogP contribution in [0.15, 0.2) is 0 Å². The Balaban J connectivity index is 3.99. The van der Waals surface area contributed by atoms with Crippen LogP contribution in [0.1, 0.15) is 78.1 Å². The molecule has 5 heteroatoms. The first-order chi connectivity index (χ1) is 10.0. The Kier molecular flexibility index (Phi) is 12.0. The van der Waals surface area contributed by atoms with Crippen molar-refractivity contribution in [2.45, 2.75) is 90.2 Å². The molecule has 0 radical (unpaired) electrons. The van der Waals surface area contributed by atoms with Crippen LogP contribution < -0.4 is 10.8 Å². The van der Waals surface area contributed by atoms with E-state index in [1.54, 1.807) is 0 Å². The Labute approximate surface area is 128 Å². The van der Waals surface area contributed by atoms with Crippen molar-refractivity contribution >= 4 is 11.9 Å². The van der Waals surface area contributed by atoms with Gasteiger partial charge in [-0.1, -0.05) is 52.4 Å². The number of unbranched alkanes of at least 4 members (excludes halogenated alkanes) is 5. The zero-order valence-electron chi connectivity index (χ0n) is 13.4. The van der Waals surface area contributed by atoms with Gasteiger partial charge in [-0.05, 0) is 19.3 Å². The second-order valence-electron chi connectivity index (χ2n) is 5.59. The molecule has 0 aromatic carbocycles. The molecule has 0 heterocycles. The van der Waals surface area contributed by atoms with Crippen LogP contribution in [0.2, 0.25) is 0 Å². The number of hydrogen-bond acceptors (Lipinski definition) is 5. The molecule has 0 aliphatic heterocycles. The van der Waals surface area contributed by atoms with Crippen molar-refractivity contribution in [2.75, 3.05) is 0 Å². The molecule has 0 rings (SSSR count). The number of hydrogen-bond donors (Lipinski definition) is 1. The number of carbonyl (C=O) groups is 2. The minimum Gasteiger partial charge on any atom is -0.550 e. The number of aliphatic carboxylic acids is 1. The predicted octanol–water partition coefficient (Wildman–Crippen LogP) is 1.92. The second-order valence-corrected chi connectivity index (χ2v) is 5.59.